The summed E-state index contributed by atoms with van der Waals surface area (Å²) < 4.78 is 0. The van der Waals surface area contributed by atoms with Crippen LogP contribution in [-0.4, -0.2) is 30.6 Å². The minimum atomic E-state index is 0.475. The van der Waals surface area contributed by atoms with Crippen LogP contribution in [0.25, 0.3) is 0 Å². The number of nitrogens with zero attached hydrogens (tertiary/aromatic N) is 1. The monoisotopic (exact) mass is 252 g/mol. The number of piperidine rings is 1. The summed E-state index contributed by atoms with van der Waals surface area (Å²) in [4.78, 5) is 2.69. The van der Waals surface area contributed by atoms with Gasteiger partial charge in [-0.2, -0.15) is 0 Å². The Balaban J connectivity index is 1.79. The Morgan fingerprint density at radius 3 is 2.22 bits per heavy atom. The summed E-state index contributed by atoms with van der Waals surface area (Å²) in [7, 11) is 0. The van der Waals surface area contributed by atoms with E-state index in [9.17, 15) is 0 Å². The van der Waals surface area contributed by atoms with Crippen molar-refractivity contribution in [1.29, 1.82) is 0 Å². The predicted molar refractivity (Wildman–Crippen MR) is 78.6 cm³/mol. The molecule has 2 atom stereocenters. The van der Waals surface area contributed by atoms with Crippen molar-refractivity contribution in [2.75, 3.05) is 19.6 Å². The molecule has 1 aliphatic heterocycles. The average Bonchev–Trinajstić information content (AvgIpc) is 2.43. The fraction of sp³-hybridized carbons (Fsp3) is 1.00. The zero-order valence-electron chi connectivity index (χ0n) is 12.5. The van der Waals surface area contributed by atoms with Crippen molar-refractivity contribution in [1.82, 2.24) is 4.90 Å². The van der Waals surface area contributed by atoms with Gasteiger partial charge < -0.3 is 10.6 Å². The number of likely N-dealkylation sites (tertiary alicyclic amines) is 1. The Hall–Kier alpha value is -0.0800. The molecule has 0 aromatic carbocycles. The molecule has 0 amide bonds. The van der Waals surface area contributed by atoms with Crippen LogP contribution in [0, 0.1) is 11.3 Å². The van der Waals surface area contributed by atoms with Crippen molar-refractivity contribution in [3.8, 4) is 0 Å². The van der Waals surface area contributed by atoms with Gasteiger partial charge in [0, 0.05) is 12.6 Å². The lowest BCUT2D eigenvalue weighted by Crippen LogP contribution is -2.46. The molecule has 2 unspecified atom stereocenters. The smallest absolute Gasteiger partial charge is 0.00793 e. The summed E-state index contributed by atoms with van der Waals surface area (Å²) in [5.41, 5.74) is 6.93. The zero-order chi connectivity index (χ0) is 13.0. The van der Waals surface area contributed by atoms with E-state index in [-0.39, 0.29) is 0 Å². The number of rotatable bonds is 4. The van der Waals surface area contributed by atoms with Crippen molar-refractivity contribution < 1.29 is 0 Å². The highest BCUT2D eigenvalue weighted by atomic mass is 15.1. The number of hydrogen-bond acceptors (Lipinski definition) is 2. The van der Waals surface area contributed by atoms with Gasteiger partial charge in [-0.3, -0.25) is 0 Å². The summed E-state index contributed by atoms with van der Waals surface area (Å²) >= 11 is 0. The molecule has 2 nitrogen and oxygen atoms in total. The van der Waals surface area contributed by atoms with Crippen LogP contribution in [0.1, 0.15) is 65.2 Å². The summed E-state index contributed by atoms with van der Waals surface area (Å²) in [5, 5.41) is 0. The van der Waals surface area contributed by atoms with E-state index in [1.807, 2.05) is 0 Å². The van der Waals surface area contributed by atoms with Crippen LogP contribution in [0.4, 0.5) is 0 Å². The molecule has 0 bridgehead atoms. The van der Waals surface area contributed by atoms with Crippen LogP contribution in [0.2, 0.25) is 0 Å². The molecular weight excluding hydrogens is 220 g/mol. The Kier molecular flexibility index (Phi) is 5.08. The van der Waals surface area contributed by atoms with Gasteiger partial charge in [-0.15, -0.1) is 0 Å². The van der Waals surface area contributed by atoms with Crippen molar-refractivity contribution in [3.05, 3.63) is 0 Å². The van der Waals surface area contributed by atoms with Gasteiger partial charge in [0.05, 0.1) is 0 Å². The fourth-order valence-electron chi connectivity index (χ4n) is 3.96. The van der Waals surface area contributed by atoms with Gasteiger partial charge in [-0.1, -0.05) is 39.5 Å². The van der Waals surface area contributed by atoms with E-state index in [0.717, 1.165) is 5.92 Å². The maximum absolute atomic E-state index is 6.28. The third-order valence-electron chi connectivity index (χ3n) is 5.88. The van der Waals surface area contributed by atoms with E-state index in [2.05, 4.69) is 18.7 Å². The largest absolute Gasteiger partial charge is 0.327 e. The highest BCUT2D eigenvalue weighted by Crippen LogP contribution is 2.38. The van der Waals surface area contributed by atoms with Crippen LogP contribution < -0.4 is 5.73 Å². The van der Waals surface area contributed by atoms with Crippen molar-refractivity contribution in [2.24, 2.45) is 17.1 Å². The van der Waals surface area contributed by atoms with Crippen molar-refractivity contribution in [2.45, 2.75) is 71.3 Å². The molecule has 0 radical (unpaired) electrons. The lowest BCUT2D eigenvalue weighted by atomic mass is 9.74. The predicted octanol–water partition coefficient (Wildman–Crippen LogP) is 3.41. The van der Waals surface area contributed by atoms with Gasteiger partial charge in [0.1, 0.15) is 0 Å². The molecule has 0 aromatic heterocycles. The molecule has 2 N–H and O–H groups in total. The molecule has 1 saturated carbocycles. The average molecular weight is 252 g/mol. The van der Waals surface area contributed by atoms with E-state index in [1.165, 1.54) is 71.0 Å². The molecule has 1 aliphatic carbocycles. The topological polar surface area (TPSA) is 29.3 Å². The maximum Gasteiger partial charge on any atom is 0.00793 e. The van der Waals surface area contributed by atoms with Crippen molar-refractivity contribution in [3.63, 3.8) is 0 Å². The van der Waals surface area contributed by atoms with E-state index in [1.54, 1.807) is 0 Å². The van der Waals surface area contributed by atoms with Gasteiger partial charge >= 0.3 is 0 Å². The fourth-order valence-corrected chi connectivity index (χ4v) is 3.96. The second-order valence-corrected chi connectivity index (χ2v) is 6.72. The first-order valence-corrected chi connectivity index (χ1v) is 8.17. The Morgan fingerprint density at radius 2 is 1.67 bits per heavy atom. The van der Waals surface area contributed by atoms with Crippen LogP contribution in [0.15, 0.2) is 0 Å². The molecule has 2 fully saturated rings. The summed E-state index contributed by atoms with van der Waals surface area (Å²) in [5.74, 6) is 0.773. The third kappa shape index (κ3) is 3.27. The standard InChI is InChI=1S/C16H32N2/c1-3-16(4-2)9-11-18(12-10-16)13-14-7-5-6-8-15(14)17/h14-15H,3-13,17H2,1-2H3. The molecular formula is C16H32N2. The quantitative estimate of drug-likeness (QED) is 0.831. The second-order valence-electron chi connectivity index (χ2n) is 6.72. The van der Waals surface area contributed by atoms with Crippen LogP contribution >= 0.6 is 0 Å². The zero-order valence-corrected chi connectivity index (χ0v) is 12.5. The molecule has 1 saturated heterocycles. The summed E-state index contributed by atoms with van der Waals surface area (Å²) in [6.07, 6.45) is 10.9. The third-order valence-corrected chi connectivity index (χ3v) is 5.88. The minimum Gasteiger partial charge on any atom is -0.327 e. The van der Waals surface area contributed by atoms with Crippen LogP contribution in [0.5, 0.6) is 0 Å². The number of hydrogen-bond donors (Lipinski definition) is 1. The molecule has 2 aliphatic rings. The lowest BCUT2D eigenvalue weighted by Gasteiger charge is -2.43. The number of nitrogens with two attached hydrogens (primary N) is 1. The molecule has 2 rings (SSSR count). The molecule has 106 valence electrons. The van der Waals surface area contributed by atoms with E-state index in [0.29, 0.717) is 11.5 Å². The van der Waals surface area contributed by atoms with Gasteiger partial charge in [0.15, 0.2) is 0 Å². The van der Waals surface area contributed by atoms with E-state index < -0.39 is 0 Å². The first-order valence-electron chi connectivity index (χ1n) is 8.17. The highest BCUT2D eigenvalue weighted by Gasteiger charge is 2.32. The molecule has 18 heavy (non-hydrogen) atoms. The van der Waals surface area contributed by atoms with Gasteiger partial charge in [0.25, 0.3) is 0 Å². The lowest BCUT2D eigenvalue weighted by molar-refractivity contribution is 0.0756. The minimum absolute atomic E-state index is 0.475. The van der Waals surface area contributed by atoms with Gasteiger partial charge in [-0.05, 0) is 50.1 Å². The van der Waals surface area contributed by atoms with Crippen molar-refractivity contribution >= 4 is 0 Å². The van der Waals surface area contributed by atoms with Crippen LogP contribution in [-0.2, 0) is 0 Å². The molecule has 2 heteroatoms. The highest BCUT2D eigenvalue weighted by molar-refractivity contribution is 4.87. The van der Waals surface area contributed by atoms with Gasteiger partial charge in [-0.25, -0.2) is 0 Å². The first kappa shape index (κ1) is 14.3. The summed E-state index contributed by atoms with van der Waals surface area (Å²) in [6.45, 7) is 8.63. The summed E-state index contributed by atoms with van der Waals surface area (Å²) in [6, 6.07) is 0.475. The maximum atomic E-state index is 6.28. The molecule has 1 heterocycles. The van der Waals surface area contributed by atoms with Crippen LogP contribution in [0.3, 0.4) is 0 Å². The Morgan fingerprint density at radius 1 is 1.06 bits per heavy atom. The Labute approximate surface area is 113 Å². The van der Waals surface area contributed by atoms with E-state index in [4.69, 9.17) is 5.73 Å². The first-order chi connectivity index (χ1) is 8.69. The molecule has 0 spiro atoms. The SMILES string of the molecule is CCC1(CC)CCN(CC2CCCCC2N)CC1. The van der Waals surface area contributed by atoms with Gasteiger partial charge in [0.2, 0.25) is 0 Å². The normalized spacial score (nSPS) is 33.5. The van der Waals surface area contributed by atoms with E-state index >= 15 is 0 Å². The molecule has 0 aromatic rings. The Bertz CT molecular complexity index is 237. The second kappa shape index (κ2) is 6.38.